The Morgan fingerprint density at radius 2 is 1.89 bits per heavy atom. The first-order valence-electron chi connectivity index (χ1n) is 7.29. The third kappa shape index (κ3) is 6.19. The van der Waals surface area contributed by atoms with Gasteiger partial charge in [0.1, 0.15) is 0 Å². The molecule has 108 valence electrons. The molecule has 0 amide bonds. The molecule has 1 rings (SSSR count). The Morgan fingerprint density at radius 3 is 2.47 bits per heavy atom. The molecule has 1 aromatic carbocycles. The van der Waals surface area contributed by atoms with Crippen molar-refractivity contribution in [1.82, 2.24) is 5.32 Å². The molecule has 1 aromatic rings. The molecule has 0 bridgehead atoms. The van der Waals surface area contributed by atoms with E-state index >= 15 is 0 Å². The van der Waals surface area contributed by atoms with Crippen LogP contribution < -0.4 is 11.1 Å². The maximum atomic E-state index is 8.85. The number of hydrogen-bond acceptors (Lipinski definition) is 3. The molecule has 0 fully saturated rings. The van der Waals surface area contributed by atoms with Gasteiger partial charge in [-0.15, -0.1) is 0 Å². The van der Waals surface area contributed by atoms with Gasteiger partial charge in [0.15, 0.2) is 0 Å². The summed E-state index contributed by atoms with van der Waals surface area (Å²) in [5.74, 6) is 0.507. The van der Waals surface area contributed by atoms with Crippen molar-refractivity contribution in [2.45, 2.75) is 51.1 Å². The van der Waals surface area contributed by atoms with Gasteiger partial charge in [-0.05, 0) is 37.7 Å². The molecule has 4 N–H and O–H groups in total. The highest BCUT2D eigenvalue weighted by Gasteiger charge is 2.15. The van der Waals surface area contributed by atoms with Gasteiger partial charge in [0.2, 0.25) is 0 Å². The highest BCUT2D eigenvalue weighted by molar-refractivity contribution is 5.18. The molecule has 3 nitrogen and oxygen atoms in total. The van der Waals surface area contributed by atoms with Crippen LogP contribution in [-0.4, -0.2) is 30.3 Å². The van der Waals surface area contributed by atoms with Gasteiger partial charge in [-0.3, -0.25) is 0 Å². The summed E-state index contributed by atoms with van der Waals surface area (Å²) < 4.78 is 0. The lowest BCUT2D eigenvalue weighted by Gasteiger charge is -2.25. The Morgan fingerprint density at radius 1 is 1.21 bits per heavy atom. The van der Waals surface area contributed by atoms with Gasteiger partial charge in [-0.25, -0.2) is 0 Å². The van der Waals surface area contributed by atoms with Crippen LogP contribution in [0.1, 0.15) is 44.6 Å². The molecule has 0 saturated heterocycles. The Balaban J connectivity index is 2.43. The van der Waals surface area contributed by atoms with Gasteiger partial charge in [0, 0.05) is 25.2 Å². The largest absolute Gasteiger partial charge is 0.396 e. The van der Waals surface area contributed by atoms with Gasteiger partial charge in [0.05, 0.1) is 0 Å². The van der Waals surface area contributed by atoms with Crippen molar-refractivity contribution in [3.05, 3.63) is 35.9 Å². The van der Waals surface area contributed by atoms with Crippen molar-refractivity contribution in [3.8, 4) is 0 Å². The number of rotatable bonds is 9. The summed E-state index contributed by atoms with van der Waals surface area (Å²) in [6.45, 7) is 5.32. The van der Waals surface area contributed by atoms with Crippen LogP contribution in [0, 0.1) is 0 Å². The predicted molar refractivity (Wildman–Crippen MR) is 81.2 cm³/mol. The lowest BCUT2D eigenvalue weighted by molar-refractivity contribution is 0.272. The molecular formula is C16H28N2O. The third-order valence-corrected chi connectivity index (χ3v) is 3.61. The maximum Gasteiger partial charge on any atom is 0.0431 e. The fraction of sp³-hybridized carbons (Fsp3) is 0.625. The number of aliphatic hydroxyl groups is 1. The Labute approximate surface area is 117 Å². The van der Waals surface area contributed by atoms with Crippen LogP contribution in [-0.2, 0) is 0 Å². The van der Waals surface area contributed by atoms with Crippen LogP contribution in [0.4, 0.5) is 0 Å². The number of nitrogens with two attached hydrogens (primary N) is 1. The van der Waals surface area contributed by atoms with E-state index in [9.17, 15) is 0 Å². The van der Waals surface area contributed by atoms with Gasteiger partial charge >= 0.3 is 0 Å². The molecule has 0 saturated carbocycles. The summed E-state index contributed by atoms with van der Waals surface area (Å²) in [7, 11) is 0. The normalized spacial score (nSPS) is 16.0. The molecule has 3 heteroatoms. The van der Waals surface area contributed by atoms with Gasteiger partial charge in [-0.1, -0.05) is 37.3 Å². The van der Waals surface area contributed by atoms with Crippen molar-refractivity contribution in [2.75, 3.05) is 13.2 Å². The summed E-state index contributed by atoms with van der Waals surface area (Å²) in [5, 5.41) is 12.4. The van der Waals surface area contributed by atoms with E-state index in [1.165, 1.54) is 5.56 Å². The van der Waals surface area contributed by atoms with Gasteiger partial charge < -0.3 is 16.2 Å². The molecular weight excluding hydrogens is 236 g/mol. The van der Waals surface area contributed by atoms with E-state index in [4.69, 9.17) is 10.8 Å². The fourth-order valence-electron chi connectivity index (χ4n) is 2.46. The minimum absolute atomic E-state index is 0.264. The van der Waals surface area contributed by atoms with E-state index in [1.54, 1.807) is 0 Å². The van der Waals surface area contributed by atoms with Gasteiger partial charge in [0.25, 0.3) is 0 Å². The molecule has 0 radical (unpaired) electrons. The molecule has 0 aliphatic rings. The maximum absolute atomic E-state index is 8.85. The van der Waals surface area contributed by atoms with Crippen LogP contribution in [0.2, 0.25) is 0 Å². The molecule has 0 aromatic heterocycles. The van der Waals surface area contributed by atoms with Crippen molar-refractivity contribution in [2.24, 2.45) is 5.73 Å². The first-order chi connectivity index (χ1) is 9.17. The van der Waals surface area contributed by atoms with Crippen molar-refractivity contribution in [3.63, 3.8) is 0 Å². The number of benzene rings is 1. The molecule has 0 spiro atoms. The van der Waals surface area contributed by atoms with Crippen LogP contribution in [0.3, 0.4) is 0 Å². The SMILES string of the molecule is CC(CCCO)NC(CN)CC(C)c1ccccc1. The molecule has 19 heavy (non-hydrogen) atoms. The predicted octanol–water partition coefficient (Wildman–Crippen LogP) is 2.26. The zero-order valence-electron chi connectivity index (χ0n) is 12.2. The first-order valence-corrected chi connectivity index (χ1v) is 7.29. The molecule has 3 unspecified atom stereocenters. The summed E-state index contributed by atoms with van der Waals surface area (Å²) in [6.07, 6.45) is 2.89. The lowest BCUT2D eigenvalue weighted by atomic mass is 9.93. The smallest absolute Gasteiger partial charge is 0.0431 e. The second-order valence-corrected chi connectivity index (χ2v) is 5.41. The van der Waals surface area contributed by atoms with E-state index in [-0.39, 0.29) is 6.61 Å². The summed E-state index contributed by atoms with van der Waals surface area (Å²) >= 11 is 0. The highest BCUT2D eigenvalue weighted by Crippen LogP contribution is 2.20. The van der Waals surface area contributed by atoms with Crippen LogP contribution in [0.5, 0.6) is 0 Å². The van der Waals surface area contributed by atoms with Crippen molar-refractivity contribution in [1.29, 1.82) is 0 Å². The zero-order valence-corrected chi connectivity index (χ0v) is 12.2. The first kappa shape index (κ1) is 16.2. The van der Waals surface area contributed by atoms with Gasteiger partial charge in [-0.2, -0.15) is 0 Å². The average Bonchev–Trinajstić information content (AvgIpc) is 2.45. The summed E-state index contributed by atoms with van der Waals surface area (Å²) in [5.41, 5.74) is 7.23. The average molecular weight is 264 g/mol. The second-order valence-electron chi connectivity index (χ2n) is 5.41. The van der Waals surface area contributed by atoms with Crippen LogP contribution in [0.15, 0.2) is 30.3 Å². The quantitative estimate of drug-likeness (QED) is 0.641. The summed E-state index contributed by atoms with van der Waals surface area (Å²) in [6, 6.07) is 11.3. The van der Waals surface area contributed by atoms with Crippen molar-refractivity contribution >= 4 is 0 Å². The number of hydrogen-bond donors (Lipinski definition) is 3. The fourth-order valence-corrected chi connectivity index (χ4v) is 2.46. The molecule has 0 heterocycles. The van der Waals surface area contributed by atoms with E-state index in [0.29, 0.717) is 24.5 Å². The Bertz CT molecular complexity index is 329. The van der Waals surface area contributed by atoms with E-state index < -0.39 is 0 Å². The van der Waals surface area contributed by atoms with Crippen LogP contribution in [0.25, 0.3) is 0 Å². The van der Waals surface area contributed by atoms with Crippen LogP contribution >= 0.6 is 0 Å². The Kier molecular flexibility index (Phi) is 7.72. The van der Waals surface area contributed by atoms with E-state index in [1.807, 2.05) is 6.07 Å². The minimum atomic E-state index is 0.264. The topological polar surface area (TPSA) is 58.3 Å². The molecule has 0 aliphatic heterocycles. The van der Waals surface area contributed by atoms with E-state index in [0.717, 1.165) is 19.3 Å². The van der Waals surface area contributed by atoms with Crippen molar-refractivity contribution < 1.29 is 5.11 Å². The monoisotopic (exact) mass is 264 g/mol. The summed E-state index contributed by atoms with van der Waals surface area (Å²) in [4.78, 5) is 0. The molecule has 0 aliphatic carbocycles. The number of nitrogens with one attached hydrogen (secondary N) is 1. The second kappa shape index (κ2) is 9.08. The number of aliphatic hydroxyl groups excluding tert-OH is 1. The minimum Gasteiger partial charge on any atom is -0.396 e. The standard InChI is InChI=1S/C16H28N2O/c1-13(15-8-4-3-5-9-15)11-16(12-17)18-14(2)7-6-10-19/h3-5,8-9,13-14,16,18-19H,6-7,10-12,17H2,1-2H3. The Hall–Kier alpha value is -0.900. The lowest BCUT2D eigenvalue weighted by Crippen LogP contribution is -2.42. The molecule has 3 atom stereocenters. The van der Waals surface area contributed by atoms with E-state index in [2.05, 4.69) is 43.4 Å². The highest BCUT2D eigenvalue weighted by atomic mass is 16.2. The third-order valence-electron chi connectivity index (χ3n) is 3.61. The zero-order chi connectivity index (χ0) is 14.1.